The second kappa shape index (κ2) is 8.39. The zero-order chi connectivity index (χ0) is 18.7. The van der Waals surface area contributed by atoms with Crippen molar-refractivity contribution in [2.45, 2.75) is 21.4 Å². The van der Waals surface area contributed by atoms with Crippen LogP contribution in [0.1, 0.15) is 18.5 Å². The van der Waals surface area contributed by atoms with Gasteiger partial charge in [0.25, 0.3) is 10.0 Å². The van der Waals surface area contributed by atoms with Gasteiger partial charge in [0.05, 0.1) is 19.8 Å². The Hall–Kier alpha value is -0.600. The smallest absolute Gasteiger partial charge is 0.253 e. The molecular weight excluding hydrogens is 390 g/mol. The van der Waals surface area contributed by atoms with Crippen LogP contribution in [0.3, 0.4) is 0 Å². The number of rotatable bonds is 9. The molecule has 2 heterocycles. The lowest BCUT2D eigenvalue weighted by atomic mass is 10.1. The van der Waals surface area contributed by atoms with Gasteiger partial charge in [0, 0.05) is 31.8 Å². The Morgan fingerprint density at radius 1 is 1.40 bits per heavy atom. The van der Waals surface area contributed by atoms with E-state index in [2.05, 4.69) is 5.32 Å². The van der Waals surface area contributed by atoms with E-state index in [0.29, 0.717) is 36.7 Å². The summed E-state index contributed by atoms with van der Waals surface area (Å²) in [7, 11) is -6.19. The average Bonchev–Trinajstić information content (AvgIpc) is 2.98. The van der Waals surface area contributed by atoms with Crippen molar-refractivity contribution in [2.24, 2.45) is 5.14 Å². The minimum atomic E-state index is -3.96. The quantitative estimate of drug-likeness (QED) is 0.533. The number of fused-ring (bicyclic) bond motifs is 1. The molecule has 0 aliphatic carbocycles. The van der Waals surface area contributed by atoms with Gasteiger partial charge in [0.1, 0.15) is 8.42 Å². The van der Waals surface area contributed by atoms with E-state index in [1.54, 1.807) is 7.11 Å². The molecular formula is C13H23N3O6S3. The van der Waals surface area contributed by atoms with Crippen molar-refractivity contribution < 1.29 is 26.3 Å². The number of hydrogen-bond donors (Lipinski definition) is 2. The fourth-order valence-electron chi connectivity index (χ4n) is 2.51. The van der Waals surface area contributed by atoms with E-state index in [0.717, 1.165) is 0 Å². The highest BCUT2D eigenvalue weighted by molar-refractivity contribution is 7.94. The number of nitrogens with one attached hydrogen (secondary N) is 1. The van der Waals surface area contributed by atoms with E-state index < -0.39 is 20.0 Å². The Morgan fingerprint density at radius 3 is 2.72 bits per heavy atom. The van der Waals surface area contributed by atoms with Gasteiger partial charge in [-0.1, -0.05) is 6.92 Å². The number of hydrogen-bond acceptors (Lipinski definition) is 8. The number of nitrogens with two attached hydrogens (primary N) is 1. The topological polar surface area (TPSA) is 128 Å². The zero-order valence-electron chi connectivity index (χ0n) is 14.1. The SMILES string of the molecule is CCNC1CN(CCOCCOC)S(=O)(=O)c2sc(S(N)(=O)=O)cc21. The monoisotopic (exact) mass is 413 g/mol. The molecule has 0 spiro atoms. The molecule has 0 amide bonds. The summed E-state index contributed by atoms with van der Waals surface area (Å²) >= 11 is 0.687. The summed E-state index contributed by atoms with van der Waals surface area (Å²) in [5, 5.41) is 8.35. The molecule has 3 N–H and O–H groups in total. The van der Waals surface area contributed by atoms with Crippen LogP contribution < -0.4 is 10.5 Å². The average molecular weight is 414 g/mol. The minimum absolute atomic E-state index is 0.0191. The fourth-order valence-corrected chi connectivity index (χ4v) is 6.76. The summed E-state index contributed by atoms with van der Waals surface area (Å²) in [6.45, 7) is 3.93. The second-order valence-electron chi connectivity index (χ2n) is 5.43. The maximum absolute atomic E-state index is 12.8. The summed E-state index contributed by atoms with van der Waals surface area (Å²) in [5.74, 6) is 0. The van der Waals surface area contributed by atoms with Gasteiger partial charge in [0.2, 0.25) is 10.0 Å². The molecule has 2 rings (SSSR count). The third kappa shape index (κ3) is 4.77. The standard InChI is InChI=1S/C13H23N3O6S3/c1-3-15-11-9-16(4-5-22-7-6-21-2)25(19,20)13-10(11)8-12(23-13)24(14,17)18/h8,11,15H,3-7,9H2,1-2H3,(H2,14,17,18). The highest BCUT2D eigenvalue weighted by Gasteiger charge is 2.39. The summed E-state index contributed by atoms with van der Waals surface area (Å²) in [6.07, 6.45) is 0. The molecule has 0 aromatic carbocycles. The van der Waals surface area contributed by atoms with Crippen molar-refractivity contribution in [3.05, 3.63) is 11.6 Å². The molecule has 0 bridgehead atoms. The first kappa shape index (κ1) is 20.7. The molecule has 1 aromatic rings. The van der Waals surface area contributed by atoms with Crippen LogP contribution in [0, 0.1) is 0 Å². The maximum atomic E-state index is 12.8. The van der Waals surface area contributed by atoms with Crippen LogP contribution in [0.5, 0.6) is 0 Å². The summed E-state index contributed by atoms with van der Waals surface area (Å²) in [5.41, 5.74) is 0.451. The molecule has 0 radical (unpaired) electrons. The predicted molar refractivity (Wildman–Crippen MR) is 93.6 cm³/mol. The van der Waals surface area contributed by atoms with Gasteiger partial charge in [-0.15, -0.1) is 11.3 Å². The van der Waals surface area contributed by atoms with Crippen LogP contribution in [-0.4, -0.2) is 67.7 Å². The predicted octanol–water partition coefficient (Wildman–Crippen LogP) is -0.287. The molecule has 0 saturated carbocycles. The molecule has 1 unspecified atom stereocenters. The van der Waals surface area contributed by atoms with Gasteiger partial charge in [-0.2, -0.15) is 4.31 Å². The van der Waals surface area contributed by atoms with Gasteiger partial charge in [0.15, 0.2) is 0 Å². The summed E-state index contributed by atoms with van der Waals surface area (Å²) < 4.78 is 60.2. The molecule has 1 aromatic heterocycles. The molecule has 1 aliphatic heterocycles. The number of thiophene rings is 1. The minimum Gasteiger partial charge on any atom is -0.382 e. The number of ether oxygens (including phenoxy) is 2. The van der Waals surface area contributed by atoms with Crippen molar-refractivity contribution in [1.29, 1.82) is 0 Å². The molecule has 25 heavy (non-hydrogen) atoms. The maximum Gasteiger partial charge on any atom is 0.253 e. The van der Waals surface area contributed by atoms with E-state index in [1.807, 2.05) is 6.92 Å². The van der Waals surface area contributed by atoms with Crippen LogP contribution >= 0.6 is 11.3 Å². The number of likely N-dealkylation sites (N-methyl/N-ethyl adjacent to an activating group) is 1. The number of nitrogens with zero attached hydrogens (tertiary/aromatic N) is 1. The third-order valence-corrected chi connectivity index (χ3v) is 8.65. The molecule has 9 nitrogen and oxygen atoms in total. The third-order valence-electron chi connectivity index (χ3n) is 3.69. The molecule has 0 saturated heterocycles. The van der Waals surface area contributed by atoms with Gasteiger partial charge >= 0.3 is 0 Å². The van der Waals surface area contributed by atoms with E-state index in [4.69, 9.17) is 14.6 Å². The van der Waals surface area contributed by atoms with Crippen LogP contribution in [0.4, 0.5) is 0 Å². The van der Waals surface area contributed by atoms with Crippen LogP contribution in [0.25, 0.3) is 0 Å². The van der Waals surface area contributed by atoms with Crippen LogP contribution in [0.2, 0.25) is 0 Å². The lowest BCUT2D eigenvalue weighted by Gasteiger charge is -2.32. The molecule has 1 aliphatic rings. The first-order chi connectivity index (χ1) is 11.7. The molecule has 1 atom stereocenters. The fraction of sp³-hybridized carbons (Fsp3) is 0.692. The van der Waals surface area contributed by atoms with Crippen LogP contribution in [-0.2, 0) is 29.5 Å². The van der Waals surface area contributed by atoms with Gasteiger partial charge < -0.3 is 14.8 Å². The normalized spacial score (nSPS) is 20.5. The van der Waals surface area contributed by atoms with Crippen molar-refractivity contribution >= 4 is 31.4 Å². The van der Waals surface area contributed by atoms with Crippen LogP contribution in [0.15, 0.2) is 14.5 Å². The van der Waals surface area contributed by atoms with E-state index in [1.165, 1.54) is 10.4 Å². The number of sulfonamides is 2. The van der Waals surface area contributed by atoms with E-state index >= 15 is 0 Å². The molecule has 144 valence electrons. The Kier molecular flexibility index (Phi) is 6.95. The zero-order valence-corrected chi connectivity index (χ0v) is 16.5. The number of methoxy groups -OCH3 is 1. The van der Waals surface area contributed by atoms with Gasteiger partial charge in [-0.05, 0) is 12.6 Å². The summed E-state index contributed by atoms with van der Waals surface area (Å²) in [4.78, 5) is 0. The summed E-state index contributed by atoms with van der Waals surface area (Å²) in [6, 6.07) is 1.06. The first-order valence-electron chi connectivity index (χ1n) is 7.68. The highest BCUT2D eigenvalue weighted by atomic mass is 32.3. The Morgan fingerprint density at radius 2 is 2.12 bits per heavy atom. The lowest BCUT2D eigenvalue weighted by molar-refractivity contribution is 0.0649. The highest BCUT2D eigenvalue weighted by Crippen LogP contribution is 2.39. The van der Waals surface area contributed by atoms with E-state index in [-0.39, 0.29) is 34.2 Å². The molecule has 0 fully saturated rings. The van der Waals surface area contributed by atoms with Crippen molar-refractivity contribution in [3.8, 4) is 0 Å². The van der Waals surface area contributed by atoms with Crippen molar-refractivity contribution in [1.82, 2.24) is 9.62 Å². The van der Waals surface area contributed by atoms with Crippen molar-refractivity contribution in [2.75, 3.05) is 46.6 Å². The number of primary sulfonamides is 1. The van der Waals surface area contributed by atoms with Crippen molar-refractivity contribution in [3.63, 3.8) is 0 Å². The Balaban J connectivity index is 2.27. The Labute approximate surface area is 152 Å². The van der Waals surface area contributed by atoms with E-state index in [9.17, 15) is 16.8 Å². The second-order valence-corrected chi connectivity index (χ2v) is 10.4. The van der Waals surface area contributed by atoms with Gasteiger partial charge in [-0.25, -0.2) is 22.0 Å². The lowest BCUT2D eigenvalue weighted by Crippen LogP contribution is -2.44. The largest absolute Gasteiger partial charge is 0.382 e. The molecule has 12 heteroatoms. The first-order valence-corrected chi connectivity index (χ1v) is 11.5. The van der Waals surface area contributed by atoms with Gasteiger partial charge in [-0.3, -0.25) is 0 Å². The Bertz CT molecular complexity index is 790.